The van der Waals surface area contributed by atoms with Crippen LogP contribution in [0.3, 0.4) is 0 Å². The molecule has 1 saturated heterocycles. The third kappa shape index (κ3) is 5.49. The number of ether oxygens (including phenoxy) is 2. The Kier molecular flexibility index (Phi) is 7.15. The predicted molar refractivity (Wildman–Crippen MR) is 112 cm³/mol. The van der Waals surface area contributed by atoms with Gasteiger partial charge in [-0.05, 0) is 55.5 Å². The molecule has 0 spiro atoms. The van der Waals surface area contributed by atoms with Crippen LogP contribution in [0.2, 0.25) is 0 Å². The minimum atomic E-state index is -3.44. The van der Waals surface area contributed by atoms with Crippen molar-refractivity contribution in [3.8, 4) is 11.5 Å². The largest absolute Gasteiger partial charge is 0.497 e. The molecule has 0 unspecified atom stereocenters. The number of nitrogens with zero attached hydrogens (tertiary/aromatic N) is 1. The van der Waals surface area contributed by atoms with Crippen LogP contribution in [0.15, 0.2) is 46.0 Å². The number of thiophene rings is 1. The van der Waals surface area contributed by atoms with E-state index in [1.807, 2.05) is 31.2 Å². The van der Waals surface area contributed by atoms with Gasteiger partial charge in [0, 0.05) is 19.0 Å². The molecule has 2 aromatic rings. The summed E-state index contributed by atoms with van der Waals surface area (Å²) < 4.78 is 37.8. The predicted octanol–water partition coefficient (Wildman–Crippen LogP) is 2.74. The van der Waals surface area contributed by atoms with Gasteiger partial charge in [0.05, 0.1) is 13.2 Å². The number of piperidine rings is 1. The molecule has 1 aliphatic heterocycles. The Morgan fingerprint density at radius 3 is 2.45 bits per heavy atom. The van der Waals surface area contributed by atoms with E-state index in [2.05, 4.69) is 5.32 Å². The minimum absolute atomic E-state index is 0.0518. The standard InChI is InChI=1S/C20H26N2O5S2/c1-15(14-27-18-7-5-17(26-2)6-8-18)21-20(23)16-9-11-22(12-10-16)29(24,25)19-4-3-13-28-19/h3-8,13,15-16H,9-12,14H2,1-2H3,(H,21,23)/t15-/m1/s1. The van der Waals surface area contributed by atoms with Gasteiger partial charge in [0.25, 0.3) is 10.0 Å². The highest BCUT2D eigenvalue weighted by Gasteiger charge is 2.32. The molecule has 1 aromatic heterocycles. The number of sulfonamides is 1. The first kappa shape index (κ1) is 21.6. The zero-order valence-corrected chi connectivity index (χ0v) is 18.2. The molecular formula is C20H26N2O5S2. The van der Waals surface area contributed by atoms with E-state index in [1.54, 1.807) is 24.6 Å². The molecule has 1 aromatic carbocycles. The van der Waals surface area contributed by atoms with Crippen molar-refractivity contribution < 1.29 is 22.7 Å². The Morgan fingerprint density at radius 2 is 1.86 bits per heavy atom. The number of benzene rings is 1. The van der Waals surface area contributed by atoms with Crippen LogP contribution in [0.4, 0.5) is 0 Å². The van der Waals surface area contributed by atoms with Crippen LogP contribution in [0.5, 0.6) is 11.5 Å². The lowest BCUT2D eigenvalue weighted by Gasteiger charge is -2.30. The van der Waals surface area contributed by atoms with Gasteiger partial charge in [-0.2, -0.15) is 4.31 Å². The second kappa shape index (κ2) is 9.60. The molecule has 0 aliphatic carbocycles. The first-order valence-corrected chi connectivity index (χ1v) is 11.8. The minimum Gasteiger partial charge on any atom is -0.497 e. The van der Waals surface area contributed by atoms with E-state index in [-0.39, 0.29) is 17.9 Å². The van der Waals surface area contributed by atoms with Gasteiger partial charge in [-0.3, -0.25) is 4.79 Å². The molecule has 1 amide bonds. The maximum Gasteiger partial charge on any atom is 0.252 e. The summed E-state index contributed by atoms with van der Waals surface area (Å²) in [6, 6.07) is 10.5. The molecule has 2 heterocycles. The molecule has 29 heavy (non-hydrogen) atoms. The van der Waals surface area contributed by atoms with Crippen LogP contribution in [0.25, 0.3) is 0 Å². The molecule has 0 bridgehead atoms. The lowest BCUT2D eigenvalue weighted by Crippen LogP contribution is -2.45. The summed E-state index contributed by atoms with van der Waals surface area (Å²) in [7, 11) is -1.84. The fourth-order valence-electron chi connectivity index (χ4n) is 3.19. The fourth-order valence-corrected chi connectivity index (χ4v) is 5.81. The second-order valence-corrected chi connectivity index (χ2v) is 10.1. The molecule has 1 atom stereocenters. The van der Waals surface area contributed by atoms with Crippen LogP contribution in [-0.4, -0.2) is 51.5 Å². The highest BCUT2D eigenvalue weighted by atomic mass is 32.2. The zero-order chi connectivity index (χ0) is 20.9. The Balaban J connectivity index is 1.44. The monoisotopic (exact) mass is 438 g/mol. The Hall–Kier alpha value is -2.10. The lowest BCUT2D eigenvalue weighted by molar-refractivity contribution is -0.126. The Morgan fingerprint density at radius 1 is 1.21 bits per heavy atom. The summed E-state index contributed by atoms with van der Waals surface area (Å²) in [4.78, 5) is 12.5. The number of hydrogen-bond acceptors (Lipinski definition) is 6. The average molecular weight is 439 g/mol. The maximum absolute atomic E-state index is 12.6. The quantitative estimate of drug-likeness (QED) is 0.685. The molecule has 158 valence electrons. The topological polar surface area (TPSA) is 84.9 Å². The Labute approximate surface area is 175 Å². The van der Waals surface area contributed by atoms with Gasteiger partial charge in [0.1, 0.15) is 22.3 Å². The maximum atomic E-state index is 12.6. The van der Waals surface area contributed by atoms with E-state index in [4.69, 9.17) is 9.47 Å². The molecular weight excluding hydrogens is 412 g/mol. The number of carbonyl (C=O) groups excluding carboxylic acids is 1. The van der Waals surface area contributed by atoms with Gasteiger partial charge >= 0.3 is 0 Å². The number of hydrogen-bond donors (Lipinski definition) is 1. The molecule has 1 N–H and O–H groups in total. The summed E-state index contributed by atoms with van der Waals surface area (Å²) in [5.74, 6) is 1.22. The lowest BCUT2D eigenvalue weighted by atomic mass is 9.97. The van der Waals surface area contributed by atoms with Gasteiger partial charge < -0.3 is 14.8 Å². The van der Waals surface area contributed by atoms with E-state index < -0.39 is 10.0 Å². The highest BCUT2D eigenvalue weighted by Crippen LogP contribution is 2.26. The average Bonchev–Trinajstić information content (AvgIpc) is 3.28. The van der Waals surface area contributed by atoms with Gasteiger partial charge in [0.2, 0.25) is 5.91 Å². The van der Waals surface area contributed by atoms with Crippen molar-refractivity contribution in [1.29, 1.82) is 0 Å². The van der Waals surface area contributed by atoms with Crippen molar-refractivity contribution >= 4 is 27.3 Å². The van der Waals surface area contributed by atoms with Crippen molar-refractivity contribution in [2.45, 2.75) is 30.0 Å². The number of rotatable bonds is 8. The molecule has 1 aliphatic rings. The van der Waals surface area contributed by atoms with E-state index in [1.165, 1.54) is 15.6 Å². The van der Waals surface area contributed by atoms with Crippen molar-refractivity contribution in [2.75, 3.05) is 26.8 Å². The second-order valence-electron chi connectivity index (χ2n) is 7.01. The molecule has 9 heteroatoms. The normalized spacial score (nSPS) is 16.9. The smallest absolute Gasteiger partial charge is 0.252 e. The summed E-state index contributed by atoms with van der Waals surface area (Å²) in [5, 5.41) is 4.72. The number of nitrogens with one attached hydrogen (secondary N) is 1. The van der Waals surface area contributed by atoms with E-state index in [9.17, 15) is 13.2 Å². The summed E-state index contributed by atoms with van der Waals surface area (Å²) in [6.07, 6.45) is 1.03. The highest BCUT2D eigenvalue weighted by molar-refractivity contribution is 7.91. The van der Waals surface area contributed by atoms with Gasteiger partial charge in [-0.15, -0.1) is 11.3 Å². The van der Waals surface area contributed by atoms with Gasteiger partial charge in [0.15, 0.2) is 0 Å². The first-order chi connectivity index (χ1) is 13.9. The number of carbonyl (C=O) groups is 1. The third-order valence-corrected chi connectivity index (χ3v) is 8.13. The van der Waals surface area contributed by atoms with E-state index in [0.717, 1.165) is 5.75 Å². The van der Waals surface area contributed by atoms with Crippen molar-refractivity contribution in [2.24, 2.45) is 5.92 Å². The number of amides is 1. The van der Waals surface area contributed by atoms with Crippen LogP contribution in [0.1, 0.15) is 19.8 Å². The van der Waals surface area contributed by atoms with Crippen LogP contribution in [0, 0.1) is 5.92 Å². The van der Waals surface area contributed by atoms with Gasteiger partial charge in [-0.25, -0.2) is 8.42 Å². The summed E-state index contributed by atoms with van der Waals surface area (Å²) in [5.41, 5.74) is 0. The fraction of sp³-hybridized carbons (Fsp3) is 0.450. The third-order valence-electron chi connectivity index (χ3n) is 4.86. The molecule has 7 nitrogen and oxygen atoms in total. The van der Waals surface area contributed by atoms with E-state index in [0.29, 0.717) is 42.5 Å². The molecule has 3 rings (SSSR count). The van der Waals surface area contributed by atoms with Crippen LogP contribution < -0.4 is 14.8 Å². The zero-order valence-electron chi connectivity index (χ0n) is 16.5. The van der Waals surface area contributed by atoms with E-state index >= 15 is 0 Å². The van der Waals surface area contributed by atoms with Crippen molar-refractivity contribution in [3.63, 3.8) is 0 Å². The van der Waals surface area contributed by atoms with Crippen molar-refractivity contribution in [3.05, 3.63) is 41.8 Å². The summed E-state index contributed by atoms with van der Waals surface area (Å²) in [6.45, 7) is 2.95. The molecule has 0 radical (unpaired) electrons. The Bertz CT molecular complexity index is 889. The molecule has 0 saturated carbocycles. The van der Waals surface area contributed by atoms with Crippen LogP contribution >= 0.6 is 11.3 Å². The SMILES string of the molecule is COc1ccc(OC[C@@H](C)NC(=O)C2CCN(S(=O)(=O)c3cccs3)CC2)cc1. The molecule has 1 fully saturated rings. The number of methoxy groups -OCH3 is 1. The summed E-state index contributed by atoms with van der Waals surface area (Å²) >= 11 is 1.21. The van der Waals surface area contributed by atoms with Crippen molar-refractivity contribution in [1.82, 2.24) is 9.62 Å². The van der Waals surface area contributed by atoms with Gasteiger partial charge in [-0.1, -0.05) is 6.07 Å². The first-order valence-electron chi connectivity index (χ1n) is 9.51. The van der Waals surface area contributed by atoms with Crippen LogP contribution in [-0.2, 0) is 14.8 Å².